The Balaban J connectivity index is 1.57. The van der Waals surface area contributed by atoms with Gasteiger partial charge < -0.3 is 15.0 Å². The normalized spacial score (nSPS) is 15.6. The quantitative estimate of drug-likeness (QED) is 0.702. The van der Waals surface area contributed by atoms with Crippen LogP contribution >= 0.6 is 0 Å². The number of nitrogens with zero attached hydrogens (tertiary/aromatic N) is 2. The second kappa shape index (κ2) is 9.78. The van der Waals surface area contributed by atoms with E-state index in [0.29, 0.717) is 26.2 Å². The van der Waals surface area contributed by atoms with E-state index in [2.05, 4.69) is 10.1 Å². The third-order valence-corrected chi connectivity index (χ3v) is 5.06. The first-order chi connectivity index (χ1) is 14.8. The molecular weight excluding hydrogens is 418 g/mol. The summed E-state index contributed by atoms with van der Waals surface area (Å²) in [4.78, 5) is 28.4. The molecule has 2 amide bonds. The fraction of sp³-hybridized carbons (Fsp3) is 0.333. The van der Waals surface area contributed by atoms with Crippen molar-refractivity contribution in [2.24, 2.45) is 0 Å². The minimum absolute atomic E-state index is 0.0498. The summed E-state index contributed by atoms with van der Waals surface area (Å²) in [5.41, 5.74) is 0.181. The van der Waals surface area contributed by atoms with Crippen LogP contribution in [0.5, 0.6) is 5.75 Å². The minimum atomic E-state index is -3.02. The van der Waals surface area contributed by atoms with Crippen LogP contribution in [0.15, 0.2) is 42.5 Å². The largest absolute Gasteiger partial charge is 0.433 e. The van der Waals surface area contributed by atoms with Crippen molar-refractivity contribution in [2.45, 2.75) is 19.6 Å². The summed E-state index contributed by atoms with van der Waals surface area (Å²) in [7, 11) is 0. The Morgan fingerprint density at radius 2 is 1.68 bits per heavy atom. The molecule has 10 heteroatoms. The number of carbonyl (C=O) groups is 2. The van der Waals surface area contributed by atoms with Gasteiger partial charge in [-0.2, -0.15) is 8.78 Å². The Hall–Kier alpha value is -3.14. The van der Waals surface area contributed by atoms with Crippen molar-refractivity contribution < 1.29 is 31.9 Å². The second-order valence-corrected chi connectivity index (χ2v) is 7.00. The zero-order valence-electron chi connectivity index (χ0n) is 16.7. The van der Waals surface area contributed by atoms with E-state index in [0.717, 1.165) is 12.1 Å². The van der Waals surface area contributed by atoms with Crippen LogP contribution in [0.1, 0.15) is 17.3 Å². The highest BCUT2D eigenvalue weighted by Gasteiger charge is 2.28. The number of piperazine rings is 1. The number of halogens is 4. The molecule has 0 radical (unpaired) electrons. The van der Waals surface area contributed by atoms with Gasteiger partial charge in [-0.1, -0.05) is 12.1 Å². The summed E-state index contributed by atoms with van der Waals surface area (Å²) in [6.07, 6.45) is 0. The molecule has 0 aliphatic carbocycles. The molecule has 0 bridgehead atoms. The number of para-hydroxylation sites is 2. The number of alkyl halides is 2. The van der Waals surface area contributed by atoms with Crippen molar-refractivity contribution in [3.8, 4) is 5.75 Å². The topological polar surface area (TPSA) is 61.9 Å². The lowest BCUT2D eigenvalue weighted by atomic mass is 10.1. The van der Waals surface area contributed by atoms with Crippen LogP contribution in [-0.4, -0.2) is 60.4 Å². The molecule has 1 N–H and O–H groups in total. The van der Waals surface area contributed by atoms with Gasteiger partial charge in [0.25, 0.3) is 5.91 Å². The van der Waals surface area contributed by atoms with Crippen LogP contribution in [-0.2, 0) is 4.79 Å². The van der Waals surface area contributed by atoms with Gasteiger partial charge in [0.15, 0.2) is 11.6 Å². The third kappa shape index (κ3) is 5.52. The van der Waals surface area contributed by atoms with Gasteiger partial charge in [0, 0.05) is 31.7 Å². The number of hydrogen-bond donors (Lipinski definition) is 1. The first kappa shape index (κ1) is 22.5. The lowest BCUT2D eigenvalue weighted by Gasteiger charge is -2.37. The summed E-state index contributed by atoms with van der Waals surface area (Å²) in [6.45, 7) is -0.0197. The number of rotatable bonds is 6. The number of amides is 2. The van der Waals surface area contributed by atoms with Gasteiger partial charge in [-0.3, -0.25) is 14.5 Å². The molecule has 1 unspecified atom stereocenters. The highest BCUT2D eigenvalue weighted by molar-refractivity contribution is 5.96. The molecule has 3 rings (SSSR count). The van der Waals surface area contributed by atoms with Crippen LogP contribution < -0.4 is 10.1 Å². The van der Waals surface area contributed by atoms with Crippen LogP contribution in [0.4, 0.5) is 23.2 Å². The van der Waals surface area contributed by atoms with Crippen LogP contribution in [0.2, 0.25) is 0 Å². The maximum absolute atomic E-state index is 13.4. The highest BCUT2D eigenvalue weighted by Crippen LogP contribution is 2.26. The van der Waals surface area contributed by atoms with Gasteiger partial charge >= 0.3 is 6.61 Å². The zero-order chi connectivity index (χ0) is 22.5. The third-order valence-electron chi connectivity index (χ3n) is 5.06. The molecule has 2 aromatic carbocycles. The number of anilines is 1. The molecule has 6 nitrogen and oxygen atoms in total. The van der Waals surface area contributed by atoms with Gasteiger partial charge in [-0.25, -0.2) is 8.78 Å². The standard InChI is InChI=1S/C21H21F4N3O3/c1-13(19(29)26-17-4-2-3-5-18(17)31-21(24)25)27-8-10-28(11-9-27)20(30)14-6-7-15(22)16(23)12-14/h2-7,12-13,21H,8-11H2,1H3,(H,26,29). The zero-order valence-corrected chi connectivity index (χ0v) is 16.7. The molecule has 1 atom stereocenters. The lowest BCUT2D eigenvalue weighted by Crippen LogP contribution is -2.54. The number of hydrogen-bond acceptors (Lipinski definition) is 4. The maximum atomic E-state index is 13.4. The van der Waals surface area contributed by atoms with Crippen molar-refractivity contribution in [3.05, 3.63) is 59.7 Å². The molecule has 1 heterocycles. The molecule has 1 aliphatic heterocycles. The van der Waals surface area contributed by atoms with Crippen LogP contribution in [0.25, 0.3) is 0 Å². The average molecular weight is 439 g/mol. The van der Waals surface area contributed by atoms with Crippen molar-refractivity contribution in [3.63, 3.8) is 0 Å². The van der Waals surface area contributed by atoms with Gasteiger partial charge in [0.2, 0.25) is 5.91 Å². The monoisotopic (exact) mass is 439 g/mol. The van der Waals surface area contributed by atoms with E-state index < -0.39 is 36.1 Å². The summed E-state index contributed by atoms with van der Waals surface area (Å²) in [5, 5.41) is 2.59. The molecule has 0 saturated carbocycles. The predicted molar refractivity (Wildman–Crippen MR) is 105 cm³/mol. The Kier molecular flexibility index (Phi) is 7.11. The van der Waals surface area contributed by atoms with Crippen LogP contribution in [0.3, 0.4) is 0 Å². The Bertz CT molecular complexity index is 949. The van der Waals surface area contributed by atoms with Gasteiger partial charge in [0.1, 0.15) is 5.75 Å². The molecular formula is C21H21F4N3O3. The average Bonchev–Trinajstić information content (AvgIpc) is 2.75. The van der Waals surface area contributed by atoms with E-state index >= 15 is 0 Å². The van der Waals surface area contributed by atoms with E-state index in [1.165, 1.54) is 29.2 Å². The first-order valence-corrected chi connectivity index (χ1v) is 9.59. The molecule has 1 saturated heterocycles. The highest BCUT2D eigenvalue weighted by atomic mass is 19.3. The van der Waals surface area contributed by atoms with Crippen molar-refractivity contribution in [2.75, 3.05) is 31.5 Å². The molecule has 31 heavy (non-hydrogen) atoms. The summed E-state index contributed by atoms with van der Waals surface area (Å²) in [6, 6.07) is 8.28. The van der Waals surface area contributed by atoms with Gasteiger partial charge in [-0.15, -0.1) is 0 Å². The Labute approximate surface area is 176 Å². The summed E-state index contributed by atoms with van der Waals surface area (Å²) in [5.74, 6) is -3.09. The molecule has 166 valence electrons. The number of nitrogens with one attached hydrogen (secondary N) is 1. The minimum Gasteiger partial charge on any atom is -0.433 e. The molecule has 1 fully saturated rings. The lowest BCUT2D eigenvalue weighted by molar-refractivity contribution is -0.121. The fourth-order valence-electron chi connectivity index (χ4n) is 3.30. The van der Waals surface area contributed by atoms with Gasteiger partial charge in [-0.05, 0) is 37.3 Å². The van der Waals surface area contributed by atoms with E-state index in [1.54, 1.807) is 13.0 Å². The number of benzene rings is 2. The van der Waals surface area contributed by atoms with Crippen molar-refractivity contribution in [1.82, 2.24) is 9.80 Å². The second-order valence-electron chi connectivity index (χ2n) is 7.00. The smallest absolute Gasteiger partial charge is 0.387 e. The van der Waals surface area contributed by atoms with Crippen LogP contribution in [0, 0.1) is 11.6 Å². The summed E-state index contributed by atoms with van der Waals surface area (Å²) >= 11 is 0. The molecule has 0 aromatic heterocycles. The molecule has 1 aliphatic rings. The number of carbonyl (C=O) groups excluding carboxylic acids is 2. The fourth-order valence-corrected chi connectivity index (χ4v) is 3.30. The maximum Gasteiger partial charge on any atom is 0.387 e. The predicted octanol–water partition coefficient (Wildman–Crippen LogP) is 3.35. The first-order valence-electron chi connectivity index (χ1n) is 9.59. The molecule has 2 aromatic rings. The van der Waals surface area contributed by atoms with Gasteiger partial charge in [0.05, 0.1) is 11.7 Å². The Morgan fingerprint density at radius 3 is 2.32 bits per heavy atom. The van der Waals surface area contributed by atoms with E-state index in [4.69, 9.17) is 0 Å². The Morgan fingerprint density at radius 1 is 1.00 bits per heavy atom. The SMILES string of the molecule is CC(C(=O)Nc1ccccc1OC(F)F)N1CCN(C(=O)c2ccc(F)c(F)c2)CC1. The van der Waals surface area contributed by atoms with E-state index in [1.807, 2.05) is 4.90 Å². The number of ether oxygens (including phenoxy) is 1. The molecule has 0 spiro atoms. The van der Waals surface area contributed by atoms with Crippen molar-refractivity contribution >= 4 is 17.5 Å². The van der Waals surface area contributed by atoms with Crippen molar-refractivity contribution in [1.29, 1.82) is 0 Å². The van der Waals surface area contributed by atoms with E-state index in [-0.39, 0.29) is 17.0 Å². The van der Waals surface area contributed by atoms with E-state index in [9.17, 15) is 27.2 Å². The summed E-state index contributed by atoms with van der Waals surface area (Å²) < 4.78 is 56.0.